The zero-order valence-electron chi connectivity index (χ0n) is 12.8. The summed E-state index contributed by atoms with van der Waals surface area (Å²) < 4.78 is 30.1. The van der Waals surface area contributed by atoms with Crippen LogP contribution in [-0.4, -0.2) is 59.4 Å². The molecule has 0 radical (unpaired) electrons. The summed E-state index contributed by atoms with van der Waals surface area (Å²) in [6.45, 7) is 1.53. The maximum Gasteiger partial charge on any atom is 0.282 e. The van der Waals surface area contributed by atoms with Crippen LogP contribution < -0.4 is 5.32 Å². The van der Waals surface area contributed by atoms with Crippen LogP contribution in [0, 0.1) is 0 Å². The van der Waals surface area contributed by atoms with E-state index in [1.54, 1.807) is 25.0 Å². The molecule has 1 aromatic heterocycles. The van der Waals surface area contributed by atoms with E-state index in [9.17, 15) is 13.2 Å². The summed E-state index contributed by atoms with van der Waals surface area (Å²) in [7, 11) is -0.189. The van der Waals surface area contributed by atoms with Crippen molar-refractivity contribution in [3.63, 3.8) is 0 Å². The lowest BCUT2D eigenvalue weighted by Gasteiger charge is -2.32. The number of carbonyl (C=O) groups excluding carboxylic acids is 1. The molecular formula is C13H21N5O3S. The van der Waals surface area contributed by atoms with Gasteiger partial charge in [0.2, 0.25) is 5.91 Å². The first-order valence-electron chi connectivity index (χ1n) is 7.42. The molecule has 3 rings (SSSR count). The smallest absolute Gasteiger partial charge is 0.282 e. The highest BCUT2D eigenvalue weighted by Crippen LogP contribution is 2.30. The van der Waals surface area contributed by atoms with Gasteiger partial charge in [-0.3, -0.25) is 9.48 Å². The number of amides is 1. The molecule has 3 heterocycles. The molecule has 0 aliphatic carbocycles. The zero-order chi connectivity index (χ0) is 15.9. The molecule has 1 amide bonds. The first-order chi connectivity index (χ1) is 10.4. The summed E-state index contributed by atoms with van der Waals surface area (Å²) in [6, 6.07) is 0. The molecule has 1 N–H and O–H groups in total. The number of nitrogens with zero attached hydrogens (tertiary/aromatic N) is 4. The lowest BCUT2D eigenvalue weighted by atomic mass is 9.97. The van der Waals surface area contributed by atoms with Crippen molar-refractivity contribution >= 4 is 16.1 Å². The number of rotatable bonds is 3. The first-order valence-corrected chi connectivity index (χ1v) is 8.82. The molecular weight excluding hydrogens is 306 g/mol. The Bertz CT molecular complexity index is 678. The van der Waals surface area contributed by atoms with Gasteiger partial charge in [0.15, 0.2) is 0 Å². The molecule has 2 aliphatic heterocycles. The SMILES string of the molecule is CNC(=O)C1CN(S(=O)(=O)N2CCCC2)Cc2cn(C)nc21. The number of likely N-dealkylation sites (N-methyl/N-ethyl adjacent to an activating group) is 1. The molecule has 1 saturated heterocycles. The maximum atomic E-state index is 12.8. The van der Waals surface area contributed by atoms with Crippen LogP contribution in [0.3, 0.4) is 0 Å². The second-order valence-corrected chi connectivity index (χ2v) is 7.71. The average Bonchev–Trinajstić information content (AvgIpc) is 3.13. The number of hydrogen-bond donors (Lipinski definition) is 1. The van der Waals surface area contributed by atoms with Crippen molar-refractivity contribution in [1.29, 1.82) is 0 Å². The average molecular weight is 327 g/mol. The number of carbonyl (C=O) groups is 1. The van der Waals surface area contributed by atoms with E-state index in [4.69, 9.17) is 0 Å². The highest BCUT2D eigenvalue weighted by atomic mass is 32.2. The molecule has 1 aromatic rings. The van der Waals surface area contributed by atoms with Gasteiger partial charge in [-0.25, -0.2) is 0 Å². The highest BCUT2D eigenvalue weighted by Gasteiger charge is 2.40. The number of hydrogen-bond acceptors (Lipinski definition) is 4. The molecule has 0 bridgehead atoms. The minimum Gasteiger partial charge on any atom is -0.359 e. The van der Waals surface area contributed by atoms with Gasteiger partial charge in [-0.1, -0.05) is 0 Å². The number of fused-ring (bicyclic) bond motifs is 1. The molecule has 1 fully saturated rings. The maximum absolute atomic E-state index is 12.8. The standard InChI is InChI=1S/C13H21N5O3S/c1-14-13(19)11-9-18(8-10-7-16(2)15-12(10)11)22(20,21)17-5-3-4-6-17/h7,11H,3-6,8-9H2,1-2H3,(H,14,19). The van der Waals surface area contributed by atoms with Crippen molar-refractivity contribution < 1.29 is 13.2 Å². The van der Waals surface area contributed by atoms with Crippen molar-refractivity contribution in [2.75, 3.05) is 26.7 Å². The fourth-order valence-electron chi connectivity index (χ4n) is 3.15. The largest absolute Gasteiger partial charge is 0.359 e. The van der Waals surface area contributed by atoms with Crippen molar-refractivity contribution in [2.24, 2.45) is 7.05 Å². The Morgan fingerprint density at radius 2 is 2.00 bits per heavy atom. The van der Waals surface area contributed by atoms with Crippen LogP contribution in [0.5, 0.6) is 0 Å². The summed E-state index contributed by atoms with van der Waals surface area (Å²) >= 11 is 0. The minimum atomic E-state index is -3.52. The normalized spacial score (nSPS) is 23.5. The molecule has 2 aliphatic rings. The third-order valence-electron chi connectivity index (χ3n) is 4.28. The molecule has 9 heteroatoms. The van der Waals surface area contributed by atoms with Crippen molar-refractivity contribution in [1.82, 2.24) is 23.7 Å². The van der Waals surface area contributed by atoms with Crippen LogP contribution in [0.1, 0.15) is 30.0 Å². The lowest BCUT2D eigenvalue weighted by molar-refractivity contribution is -0.122. The van der Waals surface area contributed by atoms with E-state index < -0.39 is 16.1 Å². The Balaban J connectivity index is 1.94. The molecule has 1 atom stereocenters. The molecule has 22 heavy (non-hydrogen) atoms. The van der Waals surface area contributed by atoms with E-state index in [1.165, 1.54) is 8.61 Å². The topological polar surface area (TPSA) is 87.5 Å². The predicted octanol–water partition coefficient (Wildman–Crippen LogP) is -0.594. The third-order valence-corrected chi connectivity index (χ3v) is 6.23. The zero-order valence-corrected chi connectivity index (χ0v) is 13.6. The Labute approximate surface area is 130 Å². The molecule has 0 saturated carbocycles. The summed E-state index contributed by atoms with van der Waals surface area (Å²) in [5.41, 5.74) is 1.47. The molecule has 122 valence electrons. The summed E-state index contributed by atoms with van der Waals surface area (Å²) in [6.07, 6.45) is 3.57. The Kier molecular flexibility index (Phi) is 3.96. The van der Waals surface area contributed by atoms with E-state index in [1.807, 2.05) is 0 Å². The van der Waals surface area contributed by atoms with Crippen LogP contribution in [0.25, 0.3) is 0 Å². The Morgan fingerprint density at radius 1 is 1.32 bits per heavy atom. The van der Waals surface area contributed by atoms with Gasteiger partial charge in [0, 0.05) is 52.0 Å². The quantitative estimate of drug-likeness (QED) is 0.803. The number of aryl methyl sites for hydroxylation is 1. The summed E-state index contributed by atoms with van der Waals surface area (Å²) in [5, 5.41) is 6.94. The first kappa shape index (κ1) is 15.4. The Morgan fingerprint density at radius 3 is 2.64 bits per heavy atom. The van der Waals surface area contributed by atoms with E-state index in [0.717, 1.165) is 18.4 Å². The summed E-state index contributed by atoms with van der Waals surface area (Å²) in [5.74, 6) is -0.770. The van der Waals surface area contributed by atoms with Gasteiger partial charge in [-0.05, 0) is 12.8 Å². The fourth-order valence-corrected chi connectivity index (χ4v) is 4.84. The van der Waals surface area contributed by atoms with Crippen LogP contribution in [-0.2, 0) is 28.6 Å². The third kappa shape index (κ3) is 2.53. The van der Waals surface area contributed by atoms with Gasteiger partial charge >= 0.3 is 0 Å². The van der Waals surface area contributed by atoms with Crippen LogP contribution in [0.2, 0.25) is 0 Å². The van der Waals surface area contributed by atoms with E-state index in [2.05, 4.69) is 10.4 Å². The second-order valence-electron chi connectivity index (χ2n) is 5.79. The molecule has 0 spiro atoms. The van der Waals surface area contributed by atoms with Gasteiger partial charge in [0.1, 0.15) is 0 Å². The van der Waals surface area contributed by atoms with E-state index >= 15 is 0 Å². The van der Waals surface area contributed by atoms with Crippen LogP contribution in [0.15, 0.2) is 6.20 Å². The van der Waals surface area contributed by atoms with Gasteiger partial charge in [-0.15, -0.1) is 0 Å². The van der Waals surface area contributed by atoms with Crippen molar-refractivity contribution in [2.45, 2.75) is 25.3 Å². The molecule has 8 nitrogen and oxygen atoms in total. The van der Waals surface area contributed by atoms with Gasteiger partial charge in [0.05, 0.1) is 11.6 Å². The fraction of sp³-hybridized carbons (Fsp3) is 0.692. The van der Waals surface area contributed by atoms with Crippen LogP contribution in [0.4, 0.5) is 0 Å². The lowest BCUT2D eigenvalue weighted by Crippen LogP contribution is -2.48. The van der Waals surface area contributed by atoms with E-state index in [0.29, 0.717) is 18.8 Å². The number of aromatic nitrogens is 2. The molecule has 1 unspecified atom stereocenters. The summed E-state index contributed by atoms with van der Waals surface area (Å²) in [4.78, 5) is 12.1. The number of nitrogens with one attached hydrogen (secondary N) is 1. The van der Waals surface area contributed by atoms with E-state index in [-0.39, 0.29) is 19.0 Å². The molecule has 0 aromatic carbocycles. The monoisotopic (exact) mass is 327 g/mol. The van der Waals surface area contributed by atoms with Crippen LogP contribution >= 0.6 is 0 Å². The van der Waals surface area contributed by atoms with Crippen molar-refractivity contribution in [3.8, 4) is 0 Å². The highest BCUT2D eigenvalue weighted by molar-refractivity contribution is 7.86. The van der Waals surface area contributed by atoms with Gasteiger partial charge in [0.25, 0.3) is 10.2 Å². The van der Waals surface area contributed by atoms with Gasteiger partial charge in [-0.2, -0.15) is 22.1 Å². The minimum absolute atomic E-state index is 0.141. The predicted molar refractivity (Wildman–Crippen MR) is 80.2 cm³/mol. The second kappa shape index (κ2) is 5.64. The Hall–Kier alpha value is -1.45. The van der Waals surface area contributed by atoms with Gasteiger partial charge < -0.3 is 5.32 Å². The van der Waals surface area contributed by atoms with Crippen molar-refractivity contribution in [3.05, 3.63) is 17.5 Å².